The number of para-hydroxylation sites is 2. The molecule has 2 aliphatic rings. The van der Waals surface area contributed by atoms with Crippen LogP contribution in [-0.2, 0) is 4.79 Å². The van der Waals surface area contributed by atoms with Gasteiger partial charge in [-0.05, 0) is 24.0 Å². The molecule has 10 heteroatoms. The lowest BCUT2D eigenvalue weighted by Crippen LogP contribution is -2.49. The molecule has 1 fully saturated rings. The Labute approximate surface area is 180 Å². The Morgan fingerprint density at radius 3 is 2.53 bits per heavy atom. The molecule has 0 aromatic heterocycles. The van der Waals surface area contributed by atoms with E-state index in [0.717, 1.165) is 0 Å². The van der Waals surface area contributed by atoms with E-state index in [0.29, 0.717) is 16.9 Å². The zero-order valence-electron chi connectivity index (χ0n) is 15.3. The van der Waals surface area contributed by atoms with Crippen molar-refractivity contribution in [2.45, 2.75) is 33.9 Å². The number of rotatable bonds is 5. The van der Waals surface area contributed by atoms with Crippen molar-refractivity contribution < 1.29 is 24.7 Å². The third-order valence-corrected chi connectivity index (χ3v) is 7.77. The number of carboxylic acids is 2. The molecule has 2 aromatic carbocycles. The van der Waals surface area contributed by atoms with Gasteiger partial charge in [-0.25, -0.2) is 0 Å². The van der Waals surface area contributed by atoms with Crippen LogP contribution >= 0.6 is 23.4 Å². The third kappa shape index (κ3) is 3.37. The van der Waals surface area contributed by atoms with Crippen LogP contribution in [0.4, 0.5) is 11.4 Å². The van der Waals surface area contributed by atoms with Gasteiger partial charge in [0.05, 0.1) is 33.2 Å². The van der Waals surface area contributed by atoms with Gasteiger partial charge in [-0.2, -0.15) is 0 Å². The van der Waals surface area contributed by atoms with Gasteiger partial charge in [0.1, 0.15) is 0 Å². The molecule has 2 aromatic rings. The fourth-order valence-corrected chi connectivity index (χ4v) is 6.36. The van der Waals surface area contributed by atoms with Crippen LogP contribution in [0.3, 0.4) is 0 Å². The van der Waals surface area contributed by atoms with Gasteiger partial charge in [-0.15, -0.1) is 23.4 Å². The number of carbonyl (C=O) groups is 2. The number of nitro groups is 1. The number of fused-ring (bicyclic) bond motifs is 3. The van der Waals surface area contributed by atoms with Gasteiger partial charge < -0.3 is 25.1 Å². The first kappa shape index (κ1) is 20.5. The van der Waals surface area contributed by atoms with E-state index >= 15 is 0 Å². The van der Waals surface area contributed by atoms with E-state index in [2.05, 4.69) is 5.32 Å². The minimum absolute atomic E-state index is 0.0459. The highest BCUT2D eigenvalue weighted by Gasteiger charge is 2.50. The number of thioether (sulfide) groups is 1. The largest absolute Gasteiger partial charge is 0.548 e. The molecule has 1 aliphatic carbocycles. The van der Waals surface area contributed by atoms with Gasteiger partial charge in [0.2, 0.25) is 0 Å². The third-order valence-electron chi connectivity index (χ3n) is 5.66. The average molecular weight is 447 g/mol. The predicted octanol–water partition coefficient (Wildman–Crippen LogP) is 1.37. The topological polar surface area (TPSA) is 135 Å². The van der Waals surface area contributed by atoms with E-state index in [1.54, 1.807) is 30.3 Å². The number of hydrogen-bond acceptors (Lipinski definition) is 8. The molecule has 0 saturated heterocycles. The maximum absolute atomic E-state index is 11.8. The Bertz CT molecular complexity index is 1050. The van der Waals surface area contributed by atoms with Crippen LogP contribution in [0, 0.1) is 16.0 Å². The van der Waals surface area contributed by atoms with E-state index < -0.39 is 40.1 Å². The quantitative estimate of drug-likeness (QED) is 0.413. The first-order valence-electron chi connectivity index (χ1n) is 9.15. The van der Waals surface area contributed by atoms with Crippen LogP contribution in [-0.4, -0.2) is 33.5 Å². The van der Waals surface area contributed by atoms with Gasteiger partial charge >= 0.3 is 0 Å². The summed E-state index contributed by atoms with van der Waals surface area (Å²) in [6, 6.07) is 9.77. The molecule has 0 radical (unpaired) electrons. The Hall–Kier alpha value is -2.78. The van der Waals surface area contributed by atoms with Gasteiger partial charge in [0.15, 0.2) is 0 Å². The van der Waals surface area contributed by atoms with Crippen molar-refractivity contribution in [3.63, 3.8) is 0 Å². The molecule has 0 unspecified atom stereocenters. The van der Waals surface area contributed by atoms with Crippen LogP contribution < -0.4 is 15.5 Å². The predicted molar refractivity (Wildman–Crippen MR) is 106 cm³/mol. The number of aliphatic carboxylic acids is 1. The second-order valence-corrected chi connectivity index (χ2v) is 9.03. The highest BCUT2D eigenvalue weighted by atomic mass is 35.5. The zero-order valence-corrected chi connectivity index (χ0v) is 16.9. The van der Waals surface area contributed by atoms with E-state index in [4.69, 9.17) is 11.6 Å². The number of alkyl halides is 1. The number of benzene rings is 2. The van der Waals surface area contributed by atoms with E-state index in [-0.39, 0.29) is 22.2 Å². The summed E-state index contributed by atoms with van der Waals surface area (Å²) < 4.78 is 0. The van der Waals surface area contributed by atoms with Crippen LogP contribution in [0.1, 0.15) is 28.3 Å². The molecular formula is C20H15ClN2O6S-2. The number of halogens is 1. The lowest BCUT2D eigenvalue weighted by atomic mass is 9.78. The first-order chi connectivity index (χ1) is 14.3. The van der Waals surface area contributed by atoms with Crippen molar-refractivity contribution in [2.24, 2.45) is 5.92 Å². The summed E-state index contributed by atoms with van der Waals surface area (Å²) in [7, 11) is 0. The second kappa shape index (κ2) is 7.81. The van der Waals surface area contributed by atoms with Crippen molar-refractivity contribution in [3.8, 4) is 0 Å². The van der Waals surface area contributed by atoms with Crippen molar-refractivity contribution in [1.82, 2.24) is 0 Å². The number of carbonyl (C=O) groups excluding carboxylic acids is 2. The summed E-state index contributed by atoms with van der Waals surface area (Å²) in [5, 5.41) is 36.6. The Balaban J connectivity index is 1.73. The van der Waals surface area contributed by atoms with Crippen LogP contribution in [0.15, 0.2) is 47.4 Å². The number of nitro benzene ring substituents is 1. The van der Waals surface area contributed by atoms with Gasteiger partial charge in [-0.1, -0.05) is 30.3 Å². The Morgan fingerprint density at radius 1 is 1.13 bits per heavy atom. The highest BCUT2D eigenvalue weighted by Crippen LogP contribution is 2.55. The van der Waals surface area contributed by atoms with Crippen molar-refractivity contribution >= 4 is 46.7 Å². The maximum Gasteiger partial charge on any atom is 0.282 e. The van der Waals surface area contributed by atoms with E-state index in [1.807, 2.05) is 0 Å². The fraction of sp³-hybridized carbons (Fsp3) is 0.300. The molecule has 1 heterocycles. The normalized spacial score (nSPS) is 26.9. The molecule has 1 aliphatic heterocycles. The van der Waals surface area contributed by atoms with E-state index in [1.165, 1.54) is 23.9 Å². The summed E-state index contributed by atoms with van der Waals surface area (Å²) in [5.41, 5.74) is 0.589. The molecular weight excluding hydrogens is 432 g/mol. The lowest BCUT2D eigenvalue weighted by Gasteiger charge is -2.39. The van der Waals surface area contributed by atoms with Crippen LogP contribution in [0.25, 0.3) is 0 Å². The number of anilines is 1. The monoisotopic (exact) mass is 446 g/mol. The molecule has 0 amide bonds. The maximum atomic E-state index is 11.8. The summed E-state index contributed by atoms with van der Waals surface area (Å²) in [6.07, 6.45) is 0.371. The lowest BCUT2D eigenvalue weighted by molar-refractivity contribution is -0.387. The average Bonchev–Trinajstić information content (AvgIpc) is 3.03. The van der Waals surface area contributed by atoms with Gasteiger partial charge in [-0.3, -0.25) is 10.1 Å². The van der Waals surface area contributed by atoms with Gasteiger partial charge in [0.25, 0.3) is 5.69 Å². The van der Waals surface area contributed by atoms with Crippen LogP contribution in [0.5, 0.6) is 0 Å². The first-order valence-corrected chi connectivity index (χ1v) is 10.5. The summed E-state index contributed by atoms with van der Waals surface area (Å²) in [6.45, 7) is 0. The number of nitrogens with one attached hydrogen (secondary N) is 1. The summed E-state index contributed by atoms with van der Waals surface area (Å²) >= 11 is 8.00. The Morgan fingerprint density at radius 2 is 1.87 bits per heavy atom. The van der Waals surface area contributed by atoms with Gasteiger partial charge in [0, 0.05) is 28.5 Å². The zero-order chi connectivity index (χ0) is 21.6. The number of nitrogens with zero attached hydrogens (tertiary/aromatic N) is 1. The number of aromatic carboxylic acids is 1. The standard InChI is InChI=1S/C20H17ClN2O6S/c21-16-14(30-13-7-2-1-6-12(13)23(28)29)8-11-15(16)9-4-3-5-10(19(24)25)17(9)22-18(11)20(26)27/h1-7,11,14-16,18,22H,8H2,(H,24,25)(H,26,27)/p-2/t11-,14+,15-,16+,18-/m0/s1. The molecule has 30 heavy (non-hydrogen) atoms. The summed E-state index contributed by atoms with van der Waals surface area (Å²) in [5.74, 6) is -3.69. The minimum Gasteiger partial charge on any atom is -0.548 e. The van der Waals surface area contributed by atoms with Crippen molar-refractivity contribution in [3.05, 3.63) is 63.7 Å². The fourth-order valence-electron chi connectivity index (χ4n) is 4.42. The molecule has 1 N–H and O–H groups in total. The van der Waals surface area contributed by atoms with E-state index in [9.17, 15) is 29.9 Å². The molecule has 8 nitrogen and oxygen atoms in total. The number of hydrogen-bond donors (Lipinski definition) is 1. The van der Waals surface area contributed by atoms with Crippen molar-refractivity contribution in [1.29, 1.82) is 0 Å². The molecule has 4 rings (SSSR count). The molecule has 156 valence electrons. The molecule has 0 spiro atoms. The SMILES string of the molecule is O=C([O-])c1cccc2c1N[C@H](C(=O)[O-])[C@H]1C[C@@H](Sc3ccccc3[N+](=O)[O-])[C@@H](Cl)[C@@H]21. The van der Waals surface area contributed by atoms with Crippen molar-refractivity contribution in [2.75, 3.05) is 5.32 Å². The highest BCUT2D eigenvalue weighted by molar-refractivity contribution is 8.00. The minimum atomic E-state index is -1.43. The van der Waals surface area contributed by atoms with Crippen LogP contribution in [0.2, 0.25) is 0 Å². The number of carboxylic acid groups (broad SMARTS) is 2. The Kier molecular flexibility index (Phi) is 5.33. The molecule has 5 atom stereocenters. The molecule has 0 bridgehead atoms. The second-order valence-electron chi connectivity index (χ2n) is 7.25. The summed E-state index contributed by atoms with van der Waals surface area (Å²) in [4.78, 5) is 34.6. The smallest absolute Gasteiger partial charge is 0.282 e. The molecule has 1 saturated carbocycles.